The highest BCUT2D eigenvalue weighted by Gasteiger charge is 2.11. The molecule has 0 spiro atoms. The second kappa shape index (κ2) is 7.25. The zero-order valence-corrected chi connectivity index (χ0v) is 14.1. The van der Waals surface area contributed by atoms with Crippen LogP contribution in [0.3, 0.4) is 0 Å². The van der Waals surface area contributed by atoms with Crippen molar-refractivity contribution in [1.29, 1.82) is 5.41 Å². The maximum Gasteiger partial charge on any atom is 0.229 e. The maximum absolute atomic E-state index is 11.7. The van der Waals surface area contributed by atoms with Gasteiger partial charge in [-0.3, -0.25) is 10.2 Å². The Labute approximate surface area is 146 Å². The molecule has 6 heteroatoms. The number of Topliss-reactive ketones (excluding diaryl/α,β-unsaturated/α-hetero) is 1. The first-order chi connectivity index (χ1) is 12.1. The fourth-order valence-corrected chi connectivity index (χ4v) is 2.60. The molecule has 2 heterocycles. The van der Waals surface area contributed by atoms with Crippen molar-refractivity contribution < 1.29 is 4.79 Å². The van der Waals surface area contributed by atoms with E-state index in [9.17, 15) is 4.79 Å². The SMILES string of the molecule is [CH2]CCn1ccc2cnc(Nc3cccc(C(=N)C(=O)CC)c3)nc21. The Bertz CT molecular complexity index is 928. The molecule has 0 saturated heterocycles. The first kappa shape index (κ1) is 16.8. The van der Waals surface area contributed by atoms with Gasteiger partial charge in [-0.25, -0.2) is 4.98 Å². The Morgan fingerprint density at radius 3 is 2.96 bits per heavy atom. The molecule has 0 atom stereocenters. The van der Waals surface area contributed by atoms with Gasteiger partial charge >= 0.3 is 0 Å². The second-order valence-electron chi connectivity index (χ2n) is 5.69. The lowest BCUT2D eigenvalue weighted by molar-refractivity contribution is -0.112. The zero-order chi connectivity index (χ0) is 17.8. The van der Waals surface area contributed by atoms with Gasteiger partial charge in [-0.15, -0.1) is 0 Å². The highest BCUT2D eigenvalue weighted by atomic mass is 16.1. The summed E-state index contributed by atoms with van der Waals surface area (Å²) in [5, 5.41) is 12.1. The van der Waals surface area contributed by atoms with Gasteiger partial charge in [0.25, 0.3) is 0 Å². The van der Waals surface area contributed by atoms with Gasteiger partial charge in [0.2, 0.25) is 5.95 Å². The molecular formula is C19H20N5O. The van der Waals surface area contributed by atoms with Gasteiger partial charge in [0.15, 0.2) is 5.78 Å². The molecular weight excluding hydrogens is 314 g/mol. The minimum atomic E-state index is -0.180. The minimum Gasteiger partial charge on any atom is -0.332 e. The van der Waals surface area contributed by atoms with E-state index < -0.39 is 0 Å². The molecule has 2 N–H and O–H groups in total. The quantitative estimate of drug-likeness (QED) is 0.645. The predicted molar refractivity (Wildman–Crippen MR) is 99.4 cm³/mol. The third-order valence-corrected chi connectivity index (χ3v) is 3.91. The van der Waals surface area contributed by atoms with Crippen molar-refractivity contribution in [2.75, 3.05) is 5.32 Å². The van der Waals surface area contributed by atoms with Gasteiger partial charge in [0.1, 0.15) is 11.4 Å². The van der Waals surface area contributed by atoms with Crippen molar-refractivity contribution in [2.45, 2.75) is 26.3 Å². The number of fused-ring (bicyclic) bond motifs is 1. The molecule has 2 aromatic heterocycles. The summed E-state index contributed by atoms with van der Waals surface area (Å²) < 4.78 is 2.04. The van der Waals surface area contributed by atoms with Crippen molar-refractivity contribution in [3.05, 3.63) is 55.2 Å². The predicted octanol–water partition coefficient (Wildman–Crippen LogP) is 3.75. The number of anilines is 2. The summed E-state index contributed by atoms with van der Waals surface area (Å²) in [5.41, 5.74) is 2.19. The molecule has 0 amide bonds. The smallest absolute Gasteiger partial charge is 0.229 e. The number of carbonyl (C=O) groups is 1. The molecule has 1 aromatic carbocycles. The number of aromatic nitrogens is 3. The van der Waals surface area contributed by atoms with E-state index in [0.29, 0.717) is 17.9 Å². The average Bonchev–Trinajstić information content (AvgIpc) is 3.03. The number of carbonyl (C=O) groups excluding carboxylic acids is 1. The summed E-state index contributed by atoms with van der Waals surface area (Å²) in [6.07, 6.45) is 4.86. The van der Waals surface area contributed by atoms with Crippen molar-refractivity contribution in [1.82, 2.24) is 14.5 Å². The van der Waals surface area contributed by atoms with Crippen LogP contribution in [0.4, 0.5) is 11.6 Å². The number of rotatable bonds is 7. The molecule has 0 bridgehead atoms. The maximum atomic E-state index is 11.7. The number of nitrogens with zero attached hydrogens (tertiary/aromatic N) is 3. The van der Waals surface area contributed by atoms with Gasteiger partial charge < -0.3 is 9.88 Å². The fourth-order valence-electron chi connectivity index (χ4n) is 2.60. The molecule has 1 radical (unpaired) electrons. The van der Waals surface area contributed by atoms with E-state index >= 15 is 0 Å². The lowest BCUT2D eigenvalue weighted by Gasteiger charge is -2.08. The molecule has 127 valence electrons. The van der Waals surface area contributed by atoms with E-state index in [1.54, 1.807) is 31.3 Å². The summed E-state index contributed by atoms with van der Waals surface area (Å²) in [7, 11) is 0. The van der Waals surface area contributed by atoms with E-state index in [-0.39, 0.29) is 11.5 Å². The van der Waals surface area contributed by atoms with Crippen LogP contribution in [-0.2, 0) is 11.3 Å². The van der Waals surface area contributed by atoms with Crippen LogP contribution < -0.4 is 5.32 Å². The zero-order valence-electron chi connectivity index (χ0n) is 14.1. The highest BCUT2D eigenvalue weighted by molar-refractivity contribution is 6.44. The number of nitrogens with one attached hydrogen (secondary N) is 2. The Balaban J connectivity index is 1.87. The first-order valence-corrected chi connectivity index (χ1v) is 8.22. The van der Waals surface area contributed by atoms with Crippen LogP contribution in [0.15, 0.2) is 42.7 Å². The van der Waals surface area contributed by atoms with Crippen LogP contribution >= 0.6 is 0 Å². The molecule has 0 fully saturated rings. The lowest BCUT2D eigenvalue weighted by atomic mass is 10.0. The van der Waals surface area contributed by atoms with Gasteiger partial charge in [-0.05, 0) is 24.6 Å². The van der Waals surface area contributed by atoms with Gasteiger partial charge in [0, 0.05) is 42.0 Å². The Morgan fingerprint density at radius 1 is 1.36 bits per heavy atom. The van der Waals surface area contributed by atoms with Crippen LogP contribution in [0, 0.1) is 12.3 Å². The van der Waals surface area contributed by atoms with E-state index in [2.05, 4.69) is 22.2 Å². The topological polar surface area (TPSA) is 83.7 Å². The Hall–Kier alpha value is -3.02. The van der Waals surface area contributed by atoms with Crippen molar-refractivity contribution in [2.24, 2.45) is 0 Å². The Morgan fingerprint density at radius 2 is 2.20 bits per heavy atom. The number of benzene rings is 1. The van der Waals surface area contributed by atoms with Crippen LogP contribution in [0.1, 0.15) is 25.3 Å². The van der Waals surface area contributed by atoms with Crippen LogP contribution in [0.2, 0.25) is 0 Å². The molecule has 0 unspecified atom stereocenters. The van der Waals surface area contributed by atoms with Crippen LogP contribution in [0.25, 0.3) is 11.0 Å². The second-order valence-corrected chi connectivity index (χ2v) is 5.69. The highest BCUT2D eigenvalue weighted by Crippen LogP contribution is 2.19. The normalized spacial score (nSPS) is 10.8. The van der Waals surface area contributed by atoms with Crippen molar-refractivity contribution >= 4 is 34.2 Å². The number of hydrogen-bond donors (Lipinski definition) is 2. The third kappa shape index (κ3) is 3.57. The monoisotopic (exact) mass is 334 g/mol. The van der Waals surface area contributed by atoms with Crippen molar-refractivity contribution in [3.8, 4) is 0 Å². The summed E-state index contributed by atoms with van der Waals surface area (Å²) in [4.78, 5) is 20.6. The average molecular weight is 334 g/mol. The number of hydrogen-bond acceptors (Lipinski definition) is 5. The van der Waals surface area contributed by atoms with E-state index in [1.165, 1.54) is 0 Å². The van der Waals surface area contributed by atoms with Gasteiger partial charge in [-0.2, -0.15) is 4.98 Å². The molecule has 3 aromatic rings. The minimum absolute atomic E-state index is 0.0202. The molecule has 0 saturated carbocycles. The summed E-state index contributed by atoms with van der Waals surface area (Å²) in [6, 6.07) is 9.16. The molecule has 0 aliphatic heterocycles. The van der Waals surface area contributed by atoms with Gasteiger partial charge in [-0.1, -0.05) is 26.0 Å². The van der Waals surface area contributed by atoms with Crippen LogP contribution in [0.5, 0.6) is 0 Å². The van der Waals surface area contributed by atoms with Crippen LogP contribution in [-0.4, -0.2) is 26.0 Å². The van der Waals surface area contributed by atoms with E-state index in [4.69, 9.17) is 5.41 Å². The largest absolute Gasteiger partial charge is 0.332 e. The Kier molecular flexibility index (Phi) is 4.88. The summed E-state index contributed by atoms with van der Waals surface area (Å²) >= 11 is 0. The van der Waals surface area contributed by atoms with Gasteiger partial charge in [0.05, 0.1) is 0 Å². The molecule has 3 rings (SSSR count). The number of aryl methyl sites for hydroxylation is 1. The standard InChI is InChI=1S/C19H20N5O/c1-3-9-24-10-8-14-12-21-19(23-18(14)24)22-15-7-5-6-13(11-15)17(20)16(25)4-2/h5-8,10-12,20H,1,3-4,9H2,2H3,(H,21,22,23). The molecule has 6 nitrogen and oxygen atoms in total. The lowest BCUT2D eigenvalue weighted by Crippen LogP contribution is -2.12. The number of ketones is 1. The van der Waals surface area contributed by atoms with E-state index in [0.717, 1.165) is 29.7 Å². The fraction of sp³-hybridized carbons (Fsp3) is 0.211. The summed E-state index contributed by atoms with van der Waals surface area (Å²) in [5.74, 6) is 0.294. The van der Waals surface area contributed by atoms with Crippen molar-refractivity contribution in [3.63, 3.8) is 0 Å². The van der Waals surface area contributed by atoms with E-state index in [1.807, 2.05) is 22.9 Å². The molecule has 0 aliphatic rings. The molecule has 0 aliphatic carbocycles. The third-order valence-electron chi connectivity index (χ3n) is 3.91. The summed E-state index contributed by atoms with van der Waals surface area (Å²) in [6.45, 7) is 6.43. The first-order valence-electron chi connectivity index (χ1n) is 8.22. The molecule has 25 heavy (non-hydrogen) atoms.